The van der Waals surface area contributed by atoms with Gasteiger partial charge in [0, 0.05) is 34.0 Å². The van der Waals surface area contributed by atoms with E-state index in [0.717, 1.165) is 16.1 Å². The summed E-state index contributed by atoms with van der Waals surface area (Å²) in [6.45, 7) is 0. The van der Waals surface area contributed by atoms with E-state index in [1.165, 1.54) is 18.2 Å². The van der Waals surface area contributed by atoms with Gasteiger partial charge in [-0.1, -0.05) is 34.1 Å². The zero-order valence-electron chi connectivity index (χ0n) is 15.0. The molecule has 2 aliphatic rings. The summed E-state index contributed by atoms with van der Waals surface area (Å²) in [7, 11) is -3.84. The fourth-order valence-corrected chi connectivity index (χ4v) is 5.50. The maximum absolute atomic E-state index is 12.8. The quantitative estimate of drug-likeness (QED) is 0.567. The lowest BCUT2D eigenvalue weighted by molar-refractivity contribution is -0.131. The first-order valence-electron chi connectivity index (χ1n) is 8.93. The normalized spacial score (nSPS) is 25.6. The van der Waals surface area contributed by atoms with Crippen molar-refractivity contribution in [1.29, 1.82) is 0 Å². The molecule has 29 heavy (non-hydrogen) atoms. The molecule has 4 unspecified atom stereocenters. The molecule has 0 saturated heterocycles. The van der Waals surface area contributed by atoms with E-state index >= 15 is 0 Å². The summed E-state index contributed by atoms with van der Waals surface area (Å²) in [5.74, 6) is -0.917. The Hall–Kier alpha value is -2.20. The van der Waals surface area contributed by atoms with E-state index in [1.807, 2.05) is 6.07 Å². The molecule has 1 fully saturated rings. The van der Waals surface area contributed by atoms with Gasteiger partial charge < -0.3 is 14.9 Å². The van der Waals surface area contributed by atoms with E-state index in [4.69, 9.17) is 9.84 Å². The van der Waals surface area contributed by atoms with Crippen LogP contribution >= 0.6 is 15.9 Å². The molecule has 4 rings (SSSR count). The maximum Gasteiger partial charge on any atom is 0.328 e. The van der Waals surface area contributed by atoms with Crippen LogP contribution in [0.2, 0.25) is 0 Å². The molecule has 0 spiro atoms. The second-order valence-corrected chi connectivity index (χ2v) is 9.65. The Labute approximate surface area is 176 Å². The molecule has 3 N–H and O–H groups in total. The van der Waals surface area contributed by atoms with Crippen LogP contribution in [0.5, 0.6) is 5.75 Å². The number of aliphatic hydroxyl groups excluding tert-OH is 1. The number of rotatable bonds is 5. The van der Waals surface area contributed by atoms with E-state index in [1.54, 1.807) is 24.3 Å². The van der Waals surface area contributed by atoms with Crippen LogP contribution in [-0.4, -0.2) is 42.8 Å². The third-order valence-electron chi connectivity index (χ3n) is 5.20. The number of hydrogen-bond donors (Lipinski definition) is 3. The molecule has 1 aliphatic heterocycles. The van der Waals surface area contributed by atoms with Crippen molar-refractivity contribution in [3.63, 3.8) is 0 Å². The van der Waals surface area contributed by atoms with Crippen LogP contribution in [0.15, 0.2) is 57.9 Å². The van der Waals surface area contributed by atoms with Gasteiger partial charge in [-0.15, -0.1) is 0 Å². The molecule has 7 nitrogen and oxygen atoms in total. The van der Waals surface area contributed by atoms with E-state index in [2.05, 4.69) is 20.7 Å². The number of carbonyl (C=O) groups is 1. The first kappa shape index (κ1) is 20.1. The number of carboxylic acids is 1. The molecular formula is C20H18BrNO6S. The van der Waals surface area contributed by atoms with Gasteiger partial charge in [-0.05, 0) is 30.3 Å². The molecular weight excluding hydrogens is 462 g/mol. The predicted octanol–water partition coefficient (Wildman–Crippen LogP) is 2.50. The van der Waals surface area contributed by atoms with Gasteiger partial charge in [-0.2, -0.15) is 0 Å². The van der Waals surface area contributed by atoms with Crippen molar-refractivity contribution in [2.24, 2.45) is 0 Å². The minimum Gasteiger partial charge on any atom is -0.489 e. The lowest BCUT2D eigenvalue weighted by Gasteiger charge is -2.22. The third-order valence-corrected chi connectivity index (χ3v) is 7.20. The van der Waals surface area contributed by atoms with Crippen LogP contribution in [0.4, 0.5) is 0 Å². The average molecular weight is 480 g/mol. The standard InChI is InChI=1S/C20H18BrNO6S/c21-12-5-7-13(8-6-12)29(26,27)22-19-15(23)10-16-18(19)14-3-1-2-11(20(14)28-16)4-9-17(24)25/h1-9,15-16,18-19,22-23H,10H2,(H,24,25)/b9-4+. The van der Waals surface area contributed by atoms with Crippen molar-refractivity contribution in [3.05, 3.63) is 64.1 Å². The highest BCUT2D eigenvalue weighted by molar-refractivity contribution is 9.10. The zero-order chi connectivity index (χ0) is 20.8. The second kappa shape index (κ2) is 7.56. The number of sulfonamides is 1. The number of ether oxygens (including phenoxy) is 1. The van der Waals surface area contributed by atoms with Crippen molar-refractivity contribution in [3.8, 4) is 5.75 Å². The topological polar surface area (TPSA) is 113 Å². The fourth-order valence-electron chi connectivity index (χ4n) is 3.95. The number of hydrogen-bond acceptors (Lipinski definition) is 5. The summed E-state index contributed by atoms with van der Waals surface area (Å²) < 4.78 is 35.1. The van der Waals surface area contributed by atoms with Crippen LogP contribution in [0.3, 0.4) is 0 Å². The average Bonchev–Trinajstić information content (AvgIpc) is 3.16. The fraction of sp³-hybridized carbons (Fsp3) is 0.250. The van der Waals surface area contributed by atoms with Crippen LogP contribution < -0.4 is 9.46 Å². The van der Waals surface area contributed by atoms with Crippen LogP contribution in [-0.2, 0) is 14.8 Å². The molecule has 2 aromatic rings. The number of halogens is 1. The van der Waals surface area contributed by atoms with Crippen molar-refractivity contribution >= 4 is 38.0 Å². The van der Waals surface area contributed by atoms with E-state index in [-0.39, 0.29) is 17.2 Å². The lowest BCUT2D eigenvalue weighted by Crippen LogP contribution is -2.43. The van der Waals surface area contributed by atoms with Gasteiger partial charge in [-0.25, -0.2) is 17.9 Å². The zero-order valence-corrected chi connectivity index (χ0v) is 17.4. The number of aliphatic carboxylic acids is 1. The Morgan fingerprint density at radius 3 is 2.62 bits per heavy atom. The Morgan fingerprint density at radius 1 is 1.21 bits per heavy atom. The molecule has 0 amide bonds. The van der Waals surface area contributed by atoms with Gasteiger partial charge >= 0.3 is 5.97 Å². The minimum absolute atomic E-state index is 0.105. The summed E-state index contributed by atoms with van der Waals surface area (Å²) in [4.78, 5) is 10.9. The summed E-state index contributed by atoms with van der Waals surface area (Å²) in [5.41, 5.74) is 1.35. The van der Waals surface area contributed by atoms with Crippen molar-refractivity contribution in [2.75, 3.05) is 0 Å². The highest BCUT2D eigenvalue weighted by atomic mass is 79.9. The number of nitrogens with one attached hydrogen (secondary N) is 1. The van der Waals surface area contributed by atoms with Gasteiger partial charge in [0.15, 0.2) is 0 Å². The van der Waals surface area contributed by atoms with Gasteiger partial charge in [0.2, 0.25) is 10.0 Å². The second-order valence-electron chi connectivity index (χ2n) is 7.02. The SMILES string of the molecule is O=C(O)/C=C/c1cccc2c1OC1CC(O)C(NS(=O)(=O)c3ccc(Br)cc3)C21. The predicted molar refractivity (Wildman–Crippen MR) is 109 cm³/mol. The molecule has 152 valence electrons. The van der Waals surface area contributed by atoms with E-state index < -0.39 is 34.2 Å². The van der Waals surface area contributed by atoms with E-state index in [9.17, 15) is 18.3 Å². The summed E-state index contributed by atoms with van der Waals surface area (Å²) >= 11 is 3.28. The molecule has 4 atom stereocenters. The molecule has 0 bridgehead atoms. The third kappa shape index (κ3) is 3.83. The van der Waals surface area contributed by atoms with Crippen LogP contribution in [0, 0.1) is 0 Å². The molecule has 2 aromatic carbocycles. The van der Waals surface area contributed by atoms with Gasteiger partial charge in [0.25, 0.3) is 0 Å². The Kier molecular flexibility index (Phi) is 5.24. The first-order chi connectivity index (χ1) is 13.8. The highest BCUT2D eigenvalue weighted by Crippen LogP contribution is 2.49. The van der Waals surface area contributed by atoms with Crippen LogP contribution in [0.25, 0.3) is 6.08 Å². The minimum atomic E-state index is -3.84. The number of benzene rings is 2. The first-order valence-corrected chi connectivity index (χ1v) is 11.2. The molecule has 1 saturated carbocycles. The van der Waals surface area contributed by atoms with Crippen molar-refractivity contribution in [2.45, 2.75) is 35.5 Å². The largest absolute Gasteiger partial charge is 0.489 e. The summed E-state index contributed by atoms with van der Waals surface area (Å²) in [6, 6.07) is 10.8. The number of carboxylic acid groups (broad SMARTS) is 1. The van der Waals surface area contributed by atoms with Gasteiger partial charge in [-0.3, -0.25) is 0 Å². The van der Waals surface area contributed by atoms with Crippen molar-refractivity contribution in [1.82, 2.24) is 4.72 Å². The number of aliphatic hydroxyl groups is 1. The molecule has 1 aliphatic carbocycles. The van der Waals surface area contributed by atoms with Crippen LogP contribution in [0.1, 0.15) is 23.5 Å². The Morgan fingerprint density at radius 2 is 1.93 bits per heavy atom. The monoisotopic (exact) mass is 479 g/mol. The highest BCUT2D eigenvalue weighted by Gasteiger charge is 2.51. The molecule has 0 aromatic heterocycles. The molecule has 1 heterocycles. The Balaban J connectivity index is 1.66. The van der Waals surface area contributed by atoms with E-state index in [0.29, 0.717) is 11.3 Å². The number of fused-ring (bicyclic) bond motifs is 3. The molecule has 0 radical (unpaired) electrons. The lowest BCUT2D eigenvalue weighted by atomic mass is 9.93. The maximum atomic E-state index is 12.8. The van der Waals surface area contributed by atoms with Gasteiger partial charge in [0.1, 0.15) is 11.9 Å². The Bertz CT molecular complexity index is 1080. The van der Waals surface area contributed by atoms with Gasteiger partial charge in [0.05, 0.1) is 17.0 Å². The summed E-state index contributed by atoms with van der Waals surface area (Å²) in [6.07, 6.45) is 1.45. The molecule has 9 heteroatoms. The van der Waals surface area contributed by atoms with Crippen molar-refractivity contribution < 1.29 is 28.2 Å². The number of para-hydroxylation sites is 1. The summed E-state index contributed by atoms with van der Waals surface area (Å²) in [5, 5.41) is 19.4. The smallest absolute Gasteiger partial charge is 0.328 e.